The SMILES string of the molecule is CCOCC(=O)N1CCC(Oc2ccnc(OC)n2)CC1. The second-order valence-electron chi connectivity index (χ2n) is 4.72. The number of hydrogen-bond donors (Lipinski definition) is 0. The smallest absolute Gasteiger partial charge is 0.319 e. The van der Waals surface area contributed by atoms with Crippen molar-refractivity contribution < 1.29 is 19.0 Å². The zero-order valence-corrected chi connectivity index (χ0v) is 12.4. The van der Waals surface area contributed by atoms with Crippen LogP contribution in [-0.4, -0.2) is 60.3 Å². The monoisotopic (exact) mass is 295 g/mol. The van der Waals surface area contributed by atoms with E-state index in [4.69, 9.17) is 14.2 Å². The number of aromatic nitrogens is 2. The summed E-state index contributed by atoms with van der Waals surface area (Å²) in [6.45, 7) is 3.95. The van der Waals surface area contributed by atoms with Crippen molar-refractivity contribution >= 4 is 5.91 Å². The Kier molecular flexibility index (Phi) is 5.74. The summed E-state index contributed by atoms with van der Waals surface area (Å²) >= 11 is 0. The van der Waals surface area contributed by atoms with Gasteiger partial charge < -0.3 is 19.1 Å². The topological polar surface area (TPSA) is 73.8 Å². The molecule has 7 heteroatoms. The normalized spacial score (nSPS) is 15.8. The third-order valence-corrected chi connectivity index (χ3v) is 3.30. The Morgan fingerprint density at radius 3 is 2.86 bits per heavy atom. The zero-order chi connectivity index (χ0) is 15.1. The highest BCUT2D eigenvalue weighted by Crippen LogP contribution is 2.18. The number of amides is 1. The number of nitrogens with zero attached hydrogens (tertiary/aromatic N) is 3. The molecule has 7 nitrogen and oxygen atoms in total. The molecule has 1 aliphatic rings. The molecule has 0 N–H and O–H groups in total. The van der Waals surface area contributed by atoms with Gasteiger partial charge in [-0.25, -0.2) is 4.98 Å². The van der Waals surface area contributed by atoms with Crippen LogP contribution in [0.1, 0.15) is 19.8 Å². The molecule has 1 aliphatic heterocycles. The van der Waals surface area contributed by atoms with Crippen molar-refractivity contribution in [1.29, 1.82) is 0 Å². The summed E-state index contributed by atoms with van der Waals surface area (Å²) in [4.78, 5) is 21.7. The van der Waals surface area contributed by atoms with Gasteiger partial charge >= 0.3 is 6.01 Å². The fourth-order valence-corrected chi connectivity index (χ4v) is 2.16. The summed E-state index contributed by atoms with van der Waals surface area (Å²) < 4.78 is 15.9. The molecule has 0 spiro atoms. The Hall–Kier alpha value is -1.89. The molecule has 0 atom stereocenters. The lowest BCUT2D eigenvalue weighted by Gasteiger charge is -2.31. The summed E-state index contributed by atoms with van der Waals surface area (Å²) in [7, 11) is 1.52. The minimum absolute atomic E-state index is 0.0407. The Morgan fingerprint density at radius 1 is 1.43 bits per heavy atom. The largest absolute Gasteiger partial charge is 0.474 e. The highest BCUT2D eigenvalue weighted by Gasteiger charge is 2.24. The van der Waals surface area contributed by atoms with Crippen molar-refractivity contribution in [1.82, 2.24) is 14.9 Å². The number of hydrogen-bond acceptors (Lipinski definition) is 6. The van der Waals surface area contributed by atoms with Crippen LogP contribution in [0.3, 0.4) is 0 Å². The van der Waals surface area contributed by atoms with Gasteiger partial charge in [-0.3, -0.25) is 4.79 Å². The maximum absolute atomic E-state index is 11.8. The van der Waals surface area contributed by atoms with Crippen molar-refractivity contribution in [3.63, 3.8) is 0 Å². The van der Waals surface area contributed by atoms with E-state index in [0.29, 0.717) is 25.6 Å². The Labute approximate surface area is 124 Å². The summed E-state index contributed by atoms with van der Waals surface area (Å²) in [6, 6.07) is 1.99. The third-order valence-electron chi connectivity index (χ3n) is 3.30. The zero-order valence-electron chi connectivity index (χ0n) is 12.4. The fourth-order valence-electron chi connectivity index (χ4n) is 2.16. The Balaban J connectivity index is 1.79. The molecule has 1 saturated heterocycles. The van der Waals surface area contributed by atoms with Gasteiger partial charge in [-0.2, -0.15) is 4.98 Å². The number of ether oxygens (including phenoxy) is 3. The minimum atomic E-state index is 0.0407. The lowest BCUT2D eigenvalue weighted by atomic mass is 10.1. The Bertz CT molecular complexity index is 461. The Morgan fingerprint density at radius 2 is 2.19 bits per heavy atom. The average molecular weight is 295 g/mol. The molecule has 1 amide bonds. The van der Waals surface area contributed by atoms with Crippen LogP contribution in [-0.2, 0) is 9.53 Å². The van der Waals surface area contributed by atoms with E-state index in [1.165, 1.54) is 7.11 Å². The first-order valence-electron chi connectivity index (χ1n) is 7.12. The quantitative estimate of drug-likeness (QED) is 0.776. The molecule has 0 aliphatic carbocycles. The van der Waals surface area contributed by atoms with Crippen molar-refractivity contribution in [3.05, 3.63) is 12.3 Å². The van der Waals surface area contributed by atoms with Crippen molar-refractivity contribution in [2.45, 2.75) is 25.9 Å². The van der Waals surface area contributed by atoms with Gasteiger partial charge in [0.05, 0.1) is 7.11 Å². The van der Waals surface area contributed by atoms with Crippen LogP contribution in [0.5, 0.6) is 11.9 Å². The number of carbonyl (C=O) groups excluding carboxylic acids is 1. The van der Waals surface area contributed by atoms with E-state index in [1.54, 1.807) is 12.3 Å². The number of piperidine rings is 1. The predicted molar refractivity (Wildman–Crippen MR) is 75.3 cm³/mol. The summed E-state index contributed by atoms with van der Waals surface area (Å²) in [5.74, 6) is 0.542. The van der Waals surface area contributed by atoms with Gasteiger partial charge in [-0.15, -0.1) is 0 Å². The highest BCUT2D eigenvalue weighted by atomic mass is 16.5. The van der Waals surface area contributed by atoms with Crippen molar-refractivity contribution in [3.8, 4) is 11.9 Å². The third kappa shape index (κ3) is 4.56. The molecule has 116 valence electrons. The first-order valence-corrected chi connectivity index (χ1v) is 7.12. The van der Waals surface area contributed by atoms with Crippen LogP contribution >= 0.6 is 0 Å². The van der Waals surface area contributed by atoms with Crippen LogP contribution in [0.25, 0.3) is 0 Å². The molecular formula is C14H21N3O4. The second-order valence-corrected chi connectivity index (χ2v) is 4.72. The molecule has 21 heavy (non-hydrogen) atoms. The second kappa shape index (κ2) is 7.78. The van der Waals surface area contributed by atoms with Gasteiger partial charge in [0.25, 0.3) is 0 Å². The number of rotatable bonds is 6. The molecule has 2 rings (SSSR count). The van der Waals surface area contributed by atoms with Crippen molar-refractivity contribution in [2.24, 2.45) is 0 Å². The van der Waals surface area contributed by atoms with Gasteiger partial charge in [0.15, 0.2) is 0 Å². The summed E-state index contributed by atoms with van der Waals surface area (Å²) in [5.41, 5.74) is 0. The van der Waals surface area contributed by atoms with Crippen LogP contribution in [0, 0.1) is 0 Å². The van der Waals surface area contributed by atoms with Crippen LogP contribution in [0.2, 0.25) is 0 Å². The molecule has 2 heterocycles. The summed E-state index contributed by atoms with van der Waals surface area (Å²) in [5, 5.41) is 0. The lowest BCUT2D eigenvalue weighted by molar-refractivity contribution is -0.137. The lowest BCUT2D eigenvalue weighted by Crippen LogP contribution is -2.43. The van der Waals surface area contributed by atoms with E-state index in [1.807, 2.05) is 11.8 Å². The van der Waals surface area contributed by atoms with E-state index < -0.39 is 0 Å². The first kappa shape index (κ1) is 15.5. The molecule has 0 saturated carbocycles. The fraction of sp³-hybridized carbons (Fsp3) is 0.643. The van der Waals surface area contributed by atoms with E-state index >= 15 is 0 Å². The molecule has 0 aromatic carbocycles. The number of carbonyl (C=O) groups is 1. The van der Waals surface area contributed by atoms with Crippen molar-refractivity contribution in [2.75, 3.05) is 33.4 Å². The molecule has 0 unspecified atom stereocenters. The van der Waals surface area contributed by atoms with Crippen LogP contribution < -0.4 is 9.47 Å². The van der Waals surface area contributed by atoms with Gasteiger partial charge in [-0.1, -0.05) is 0 Å². The van der Waals surface area contributed by atoms with Crippen LogP contribution in [0.4, 0.5) is 0 Å². The van der Waals surface area contributed by atoms with E-state index in [0.717, 1.165) is 12.8 Å². The maximum atomic E-state index is 11.8. The molecule has 1 aromatic heterocycles. The van der Waals surface area contributed by atoms with E-state index in [9.17, 15) is 4.79 Å². The number of methoxy groups -OCH3 is 1. The first-order chi connectivity index (χ1) is 10.2. The summed E-state index contributed by atoms with van der Waals surface area (Å²) in [6.07, 6.45) is 3.22. The molecule has 1 fully saturated rings. The maximum Gasteiger partial charge on any atom is 0.319 e. The van der Waals surface area contributed by atoms with E-state index in [2.05, 4.69) is 9.97 Å². The predicted octanol–water partition coefficient (Wildman–Crippen LogP) is 0.891. The molecule has 0 bridgehead atoms. The van der Waals surface area contributed by atoms with Gasteiger partial charge in [0, 0.05) is 44.8 Å². The standard InChI is InChI=1S/C14H21N3O4/c1-3-20-10-13(18)17-8-5-11(6-9-17)21-12-4-7-15-14(16-12)19-2/h4,7,11H,3,5-6,8-10H2,1-2H3. The number of likely N-dealkylation sites (tertiary alicyclic amines) is 1. The highest BCUT2D eigenvalue weighted by molar-refractivity contribution is 5.77. The van der Waals surface area contributed by atoms with Gasteiger partial charge in [0.2, 0.25) is 11.8 Å². The van der Waals surface area contributed by atoms with Gasteiger partial charge in [-0.05, 0) is 6.92 Å². The minimum Gasteiger partial charge on any atom is -0.474 e. The molecular weight excluding hydrogens is 274 g/mol. The van der Waals surface area contributed by atoms with Gasteiger partial charge in [0.1, 0.15) is 12.7 Å². The van der Waals surface area contributed by atoms with Crippen LogP contribution in [0.15, 0.2) is 12.3 Å². The average Bonchev–Trinajstić information content (AvgIpc) is 2.53. The molecule has 1 aromatic rings. The molecule has 0 radical (unpaired) electrons. The van der Waals surface area contributed by atoms with E-state index in [-0.39, 0.29) is 24.6 Å².